The molecular weight excluding hydrogens is 296 g/mol. The van der Waals surface area contributed by atoms with Crippen LogP contribution >= 0.6 is 0 Å². The third-order valence-electron chi connectivity index (χ3n) is 4.22. The number of likely N-dealkylation sites (tertiary alicyclic amines) is 1. The number of aromatic nitrogens is 3. The van der Waals surface area contributed by atoms with Crippen molar-refractivity contribution in [3.63, 3.8) is 0 Å². The summed E-state index contributed by atoms with van der Waals surface area (Å²) in [5, 5.41) is 3.74. The molecule has 0 radical (unpaired) electrons. The lowest BCUT2D eigenvalue weighted by Gasteiger charge is -2.32. The number of methoxy groups -OCH3 is 1. The number of carbonyl (C=O) groups excluding carboxylic acids is 1. The van der Waals surface area contributed by atoms with Crippen molar-refractivity contribution in [2.45, 2.75) is 38.5 Å². The lowest BCUT2D eigenvalue weighted by Crippen LogP contribution is -2.39. The fourth-order valence-corrected chi connectivity index (χ4v) is 2.96. The monoisotopic (exact) mass is 318 g/mol. The van der Waals surface area contributed by atoms with Crippen molar-refractivity contribution in [3.05, 3.63) is 29.5 Å². The smallest absolute Gasteiger partial charge is 0.254 e. The average molecular weight is 318 g/mol. The fourth-order valence-electron chi connectivity index (χ4n) is 2.96. The van der Waals surface area contributed by atoms with Crippen LogP contribution in [0.3, 0.4) is 0 Å². The Hall–Kier alpha value is -2.31. The van der Waals surface area contributed by atoms with E-state index in [2.05, 4.69) is 15.1 Å². The van der Waals surface area contributed by atoms with E-state index in [0.717, 1.165) is 37.4 Å². The van der Waals surface area contributed by atoms with Gasteiger partial charge in [-0.1, -0.05) is 0 Å². The molecule has 0 bridgehead atoms. The van der Waals surface area contributed by atoms with E-state index < -0.39 is 0 Å². The molecule has 7 nitrogen and oxygen atoms in total. The normalized spacial score (nSPS) is 18.2. The van der Waals surface area contributed by atoms with Gasteiger partial charge >= 0.3 is 0 Å². The highest BCUT2D eigenvalue weighted by Crippen LogP contribution is 2.25. The number of hydrogen-bond donors (Lipinski definition) is 1. The van der Waals surface area contributed by atoms with Crippen molar-refractivity contribution >= 4 is 5.91 Å². The molecule has 1 aliphatic heterocycles. The Bertz CT molecular complexity index is 664. The molecule has 0 aromatic carbocycles. The number of aromatic amines is 1. The molecule has 2 aromatic rings. The Labute approximate surface area is 135 Å². The molecule has 1 unspecified atom stereocenters. The minimum Gasteiger partial charge on any atom is -0.479 e. The molecule has 1 atom stereocenters. The van der Waals surface area contributed by atoms with Crippen molar-refractivity contribution in [2.75, 3.05) is 20.2 Å². The predicted octanol–water partition coefficient (Wildman–Crippen LogP) is 2.05. The minimum absolute atomic E-state index is 0.147. The van der Waals surface area contributed by atoms with Gasteiger partial charge in [0.2, 0.25) is 5.91 Å². The van der Waals surface area contributed by atoms with Crippen LogP contribution in [0.5, 0.6) is 5.88 Å². The maximum absolute atomic E-state index is 12.4. The molecular formula is C16H22N4O3. The summed E-state index contributed by atoms with van der Waals surface area (Å²) < 4.78 is 10.1. The molecule has 0 saturated carbocycles. The first kappa shape index (κ1) is 15.6. The summed E-state index contributed by atoms with van der Waals surface area (Å²) in [6, 6.07) is 1.72. The van der Waals surface area contributed by atoms with Crippen LogP contribution in [0.1, 0.15) is 42.5 Å². The topological polar surface area (TPSA) is 84.2 Å². The summed E-state index contributed by atoms with van der Waals surface area (Å²) >= 11 is 0. The SMILES string of the molecule is COc1cc(CCC(=O)N2CCCC(c3ncc(C)[nH]3)C2)on1. The number of hydrogen-bond acceptors (Lipinski definition) is 5. The van der Waals surface area contributed by atoms with Crippen LogP contribution in [-0.4, -0.2) is 46.1 Å². The predicted molar refractivity (Wildman–Crippen MR) is 83.3 cm³/mol. The van der Waals surface area contributed by atoms with Crippen LogP contribution in [0.15, 0.2) is 16.8 Å². The number of amides is 1. The van der Waals surface area contributed by atoms with Crippen molar-refractivity contribution in [3.8, 4) is 5.88 Å². The van der Waals surface area contributed by atoms with Crippen LogP contribution in [0.4, 0.5) is 0 Å². The summed E-state index contributed by atoms with van der Waals surface area (Å²) in [6.45, 7) is 3.54. The molecule has 7 heteroatoms. The Kier molecular flexibility index (Phi) is 4.64. The molecule has 1 fully saturated rings. The quantitative estimate of drug-likeness (QED) is 0.912. The Balaban J connectivity index is 1.54. The van der Waals surface area contributed by atoms with Crippen LogP contribution in [0.2, 0.25) is 0 Å². The van der Waals surface area contributed by atoms with Gasteiger partial charge in [-0.05, 0) is 24.9 Å². The molecule has 0 aliphatic carbocycles. The van der Waals surface area contributed by atoms with Gasteiger partial charge in [-0.25, -0.2) is 4.98 Å². The summed E-state index contributed by atoms with van der Waals surface area (Å²) in [5.74, 6) is 2.55. The number of rotatable bonds is 5. The van der Waals surface area contributed by atoms with Gasteiger partial charge in [-0.3, -0.25) is 4.79 Å². The number of piperidine rings is 1. The zero-order valence-corrected chi connectivity index (χ0v) is 13.5. The fraction of sp³-hybridized carbons (Fsp3) is 0.562. The number of nitrogens with one attached hydrogen (secondary N) is 1. The number of carbonyl (C=O) groups is 1. The van der Waals surface area contributed by atoms with Gasteiger partial charge in [-0.2, -0.15) is 0 Å². The van der Waals surface area contributed by atoms with Gasteiger partial charge in [0.15, 0.2) is 0 Å². The van der Waals surface area contributed by atoms with E-state index in [-0.39, 0.29) is 5.91 Å². The molecule has 3 rings (SSSR count). The van der Waals surface area contributed by atoms with Gasteiger partial charge in [0.1, 0.15) is 11.6 Å². The third kappa shape index (κ3) is 3.72. The van der Waals surface area contributed by atoms with Gasteiger partial charge < -0.3 is 19.1 Å². The number of ether oxygens (including phenoxy) is 1. The maximum atomic E-state index is 12.4. The molecule has 3 heterocycles. The number of nitrogens with zero attached hydrogens (tertiary/aromatic N) is 3. The second-order valence-electron chi connectivity index (χ2n) is 5.97. The van der Waals surface area contributed by atoms with E-state index in [9.17, 15) is 4.79 Å². The summed E-state index contributed by atoms with van der Waals surface area (Å²) in [6.07, 6.45) is 4.87. The third-order valence-corrected chi connectivity index (χ3v) is 4.22. The van der Waals surface area contributed by atoms with Gasteiger partial charge in [0, 0.05) is 49.8 Å². The maximum Gasteiger partial charge on any atom is 0.254 e. The van der Waals surface area contributed by atoms with Crippen molar-refractivity contribution in [1.29, 1.82) is 0 Å². The van der Waals surface area contributed by atoms with E-state index in [0.29, 0.717) is 30.4 Å². The Morgan fingerprint density at radius 3 is 3.13 bits per heavy atom. The Morgan fingerprint density at radius 2 is 2.43 bits per heavy atom. The minimum atomic E-state index is 0.147. The molecule has 1 aliphatic rings. The highest BCUT2D eigenvalue weighted by Gasteiger charge is 2.26. The first-order valence-electron chi connectivity index (χ1n) is 7.94. The zero-order valence-electron chi connectivity index (χ0n) is 13.5. The average Bonchev–Trinajstić information content (AvgIpc) is 3.21. The second-order valence-corrected chi connectivity index (χ2v) is 5.97. The molecule has 1 saturated heterocycles. The van der Waals surface area contributed by atoms with E-state index in [1.165, 1.54) is 7.11 Å². The lowest BCUT2D eigenvalue weighted by molar-refractivity contribution is -0.132. The van der Waals surface area contributed by atoms with E-state index in [1.54, 1.807) is 6.07 Å². The highest BCUT2D eigenvalue weighted by atomic mass is 16.5. The second kappa shape index (κ2) is 6.85. The van der Waals surface area contributed by atoms with Crippen LogP contribution in [0, 0.1) is 6.92 Å². The van der Waals surface area contributed by atoms with E-state index in [1.807, 2.05) is 18.0 Å². The first-order chi connectivity index (χ1) is 11.2. The van der Waals surface area contributed by atoms with E-state index >= 15 is 0 Å². The molecule has 0 spiro atoms. The number of H-pyrrole nitrogens is 1. The van der Waals surface area contributed by atoms with Crippen LogP contribution in [0.25, 0.3) is 0 Å². The number of aryl methyl sites for hydroxylation is 2. The molecule has 124 valence electrons. The van der Waals surface area contributed by atoms with Crippen LogP contribution in [-0.2, 0) is 11.2 Å². The van der Waals surface area contributed by atoms with Crippen LogP contribution < -0.4 is 4.74 Å². The summed E-state index contributed by atoms with van der Waals surface area (Å²) in [5.41, 5.74) is 1.06. The van der Waals surface area contributed by atoms with Crippen molar-refractivity contribution < 1.29 is 14.1 Å². The first-order valence-corrected chi connectivity index (χ1v) is 7.94. The summed E-state index contributed by atoms with van der Waals surface area (Å²) in [4.78, 5) is 22.1. The molecule has 23 heavy (non-hydrogen) atoms. The molecule has 1 N–H and O–H groups in total. The van der Waals surface area contributed by atoms with E-state index in [4.69, 9.17) is 9.26 Å². The molecule has 1 amide bonds. The summed E-state index contributed by atoms with van der Waals surface area (Å²) in [7, 11) is 1.54. The van der Waals surface area contributed by atoms with Gasteiger partial charge in [0.25, 0.3) is 5.88 Å². The van der Waals surface area contributed by atoms with Crippen molar-refractivity contribution in [1.82, 2.24) is 20.0 Å². The highest BCUT2D eigenvalue weighted by molar-refractivity contribution is 5.76. The van der Waals surface area contributed by atoms with Gasteiger partial charge in [0.05, 0.1) is 7.11 Å². The lowest BCUT2D eigenvalue weighted by atomic mass is 9.97. The van der Waals surface area contributed by atoms with Crippen molar-refractivity contribution in [2.24, 2.45) is 0 Å². The molecule has 2 aromatic heterocycles. The zero-order chi connectivity index (χ0) is 16.2. The Morgan fingerprint density at radius 1 is 1.57 bits per heavy atom. The standard InChI is InChI=1S/C16H22N4O3/c1-11-9-17-16(18-11)12-4-3-7-20(10-12)15(21)6-5-13-8-14(22-2)19-23-13/h8-9,12H,3-7,10H2,1-2H3,(H,17,18). The van der Waals surface area contributed by atoms with Gasteiger partial charge in [-0.15, -0.1) is 0 Å². The largest absolute Gasteiger partial charge is 0.479 e. The number of imidazole rings is 1.